The summed E-state index contributed by atoms with van der Waals surface area (Å²) in [7, 11) is -1.16. The average Bonchev–Trinajstić information content (AvgIpc) is 1.85. The highest BCUT2D eigenvalue weighted by Crippen LogP contribution is 2.09. The predicted molar refractivity (Wildman–Crippen MR) is 40.2 cm³/mol. The zero-order valence-corrected chi connectivity index (χ0v) is 6.94. The van der Waals surface area contributed by atoms with Crippen LogP contribution < -0.4 is 5.32 Å². The Balaban J connectivity index is 2.65. The van der Waals surface area contributed by atoms with E-state index in [1.807, 2.05) is 0 Å². The molecule has 0 aliphatic carbocycles. The highest BCUT2D eigenvalue weighted by atomic mass is 32.2. The van der Waals surface area contributed by atoms with Gasteiger partial charge < -0.3 is 0 Å². The van der Waals surface area contributed by atoms with Crippen LogP contribution in [0.15, 0.2) is 0 Å². The van der Waals surface area contributed by atoms with Crippen LogP contribution in [-0.4, -0.2) is 27.5 Å². The highest BCUT2D eigenvalue weighted by molar-refractivity contribution is 7.85. The van der Waals surface area contributed by atoms with Gasteiger partial charge in [0.25, 0.3) is 0 Å². The number of carbonyl (C=O) groups excluding carboxylic acids is 2. The third-order valence-electron chi connectivity index (χ3n) is 1.59. The molecule has 62 valence electrons. The molecule has 2 atom stereocenters. The van der Waals surface area contributed by atoms with Gasteiger partial charge in [0.1, 0.15) is 5.25 Å². The van der Waals surface area contributed by atoms with E-state index >= 15 is 0 Å². The second kappa shape index (κ2) is 3.13. The summed E-state index contributed by atoms with van der Waals surface area (Å²) in [5.41, 5.74) is 0. The van der Waals surface area contributed by atoms with E-state index in [0.717, 1.165) is 0 Å². The maximum Gasteiger partial charge on any atom is 0.242 e. The summed E-state index contributed by atoms with van der Waals surface area (Å²) in [4.78, 5) is 21.5. The second-order valence-corrected chi connectivity index (χ2v) is 4.00. The first-order valence-corrected chi connectivity index (χ1v) is 4.89. The lowest BCUT2D eigenvalue weighted by atomic mass is 10.1. The Bertz CT molecular complexity index is 226. The zero-order valence-electron chi connectivity index (χ0n) is 6.12. The minimum Gasteiger partial charge on any atom is -0.295 e. The number of carbonyl (C=O) groups is 2. The first-order valence-electron chi connectivity index (χ1n) is 3.27. The molecular formula is C6H9NO3S. The molecule has 11 heavy (non-hydrogen) atoms. The largest absolute Gasteiger partial charge is 0.295 e. The fourth-order valence-electron chi connectivity index (χ4n) is 0.990. The van der Waals surface area contributed by atoms with Gasteiger partial charge in [-0.05, 0) is 6.42 Å². The summed E-state index contributed by atoms with van der Waals surface area (Å²) in [5, 5.41) is 1.65. The predicted octanol–water partition coefficient (Wildman–Crippen LogP) is -0.830. The zero-order chi connectivity index (χ0) is 8.43. The van der Waals surface area contributed by atoms with Gasteiger partial charge in [-0.2, -0.15) is 0 Å². The molecule has 1 aliphatic heterocycles. The lowest BCUT2D eigenvalue weighted by molar-refractivity contribution is -0.132. The Morgan fingerprint density at radius 2 is 2.18 bits per heavy atom. The lowest BCUT2D eigenvalue weighted by Gasteiger charge is -2.17. The molecule has 1 N–H and O–H groups in total. The van der Waals surface area contributed by atoms with Crippen molar-refractivity contribution < 1.29 is 13.8 Å². The molecule has 5 heteroatoms. The molecule has 0 aromatic rings. The van der Waals surface area contributed by atoms with Crippen molar-refractivity contribution >= 4 is 22.6 Å². The van der Waals surface area contributed by atoms with Crippen LogP contribution >= 0.6 is 0 Å². The van der Waals surface area contributed by atoms with Gasteiger partial charge in [-0.15, -0.1) is 0 Å². The molecule has 0 spiro atoms. The number of imide groups is 1. The first-order chi connectivity index (χ1) is 5.11. The summed E-state index contributed by atoms with van der Waals surface area (Å²) in [6.45, 7) is 0. The summed E-state index contributed by atoms with van der Waals surface area (Å²) in [6.07, 6.45) is 2.18. The van der Waals surface area contributed by atoms with Crippen molar-refractivity contribution in [1.82, 2.24) is 5.32 Å². The number of piperidine rings is 1. The second-order valence-electron chi connectivity index (χ2n) is 2.44. The van der Waals surface area contributed by atoms with Crippen molar-refractivity contribution in [3.05, 3.63) is 0 Å². The Morgan fingerprint density at radius 1 is 1.55 bits per heavy atom. The Kier molecular flexibility index (Phi) is 2.38. The van der Waals surface area contributed by atoms with Gasteiger partial charge in [0.15, 0.2) is 0 Å². The van der Waals surface area contributed by atoms with Crippen LogP contribution in [0.1, 0.15) is 12.8 Å². The van der Waals surface area contributed by atoms with Crippen LogP contribution in [0.2, 0.25) is 0 Å². The molecule has 0 radical (unpaired) electrons. The summed E-state index contributed by atoms with van der Waals surface area (Å²) in [6, 6.07) is 0. The van der Waals surface area contributed by atoms with E-state index < -0.39 is 22.0 Å². The van der Waals surface area contributed by atoms with Crippen molar-refractivity contribution in [2.24, 2.45) is 0 Å². The number of hydrogen-bond acceptors (Lipinski definition) is 3. The maximum absolute atomic E-state index is 10.9. The quantitative estimate of drug-likeness (QED) is 0.529. The molecular weight excluding hydrogens is 166 g/mol. The highest BCUT2D eigenvalue weighted by Gasteiger charge is 2.28. The van der Waals surface area contributed by atoms with E-state index in [1.54, 1.807) is 0 Å². The number of rotatable bonds is 1. The van der Waals surface area contributed by atoms with Gasteiger partial charge in [-0.1, -0.05) is 0 Å². The first kappa shape index (κ1) is 8.39. The van der Waals surface area contributed by atoms with Gasteiger partial charge in [0.05, 0.1) is 0 Å². The molecule has 4 nitrogen and oxygen atoms in total. The monoisotopic (exact) mass is 175 g/mol. The molecule has 2 amide bonds. The van der Waals surface area contributed by atoms with Crippen LogP contribution in [0.3, 0.4) is 0 Å². The van der Waals surface area contributed by atoms with E-state index in [-0.39, 0.29) is 5.91 Å². The lowest BCUT2D eigenvalue weighted by Crippen LogP contribution is -2.45. The van der Waals surface area contributed by atoms with Crippen molar-refractivity contribution in [3.8, 4) is 0 Å². The molecule has 1 aliphatic rings. The third-order valence-corrected chi connectivity index (χ3v) is 2.84. The van der Waals surface area contributed by atoms with Crippen molar-refractivity contribution in [2.75, 3.05) is 6.26 Å². The number of hydrogen-bond donors (Lipinski definition) is 1. The molecule has 0 aromatic heterocycles. The standard InChI is InChI=1S/C6H9NO3S/c1-11(10)4-2-3-5(8)7-6(4)9/h4H,2-3H2,1H3,(H,7,8,9). The topological polar surface area (TPSA) is 63.2 Å². The number of amides is 2. The van der Waals surface area contributed by atoms with Crippen LogP contribution in [0.25, 0.3) is 0 Å². The van der Waals surface area contributed by atoms with Gasteiger partial charge in [-0.3, -0.25) is 19.1 Å². The maximum atomic E-state index is 10.9. The van der Waals surface area contributed by atoms with E-state index in [1.165, 1.54) is 6.26 Å². The minimum absolute atomic E-state index is 0.267. The Hall–Kier alpha value is -0.710. The normalized spacial score (nSPS) is 27.9. The third kappa shape index (κ3) is 1.86. The van der Waals surface area contributed by atoms with Crippen molar-refractivity contribution in [3.63, 3.8) is 0 Å². The molecule has 1 saturated heterocycles. The molecule has 0 aromatic carbocycles. The molecule has 1 heterocycles. The van der Waals surface area contributed by atoms with Gasteiger partial charge >= 0.3 is 0 Å². The minimum atomic E-state index is -1.16. The Morgan fingerprint density at radius 3 is 2.64 bits per heavy atom. The molecule has 0 bridgehead atoms. The van der Waals surface area contributed by atoms with E-state index in [2.05, 4.69) is 5.32 Å². The van der Waals surface area contributed by atoms with Crippen LogP contribution in [-0.2, 0) is 20.4 Å². The van der Waals surface area contributed by atoms with Crippen LogP contribution in [0, 0.1) is 0 Å². The molecule has 1 rings (SSSR count). The molecule has 0 saturated carbocycles. The van der Waals surface area contributed by atoms with Crippen LogP contribution in [0.4, 0.5) is 0 Å². The molecule has 1 fully saturated rings. The van der Waals surface area contributed by atoms with E-state index in [0.29, 0.717) is 12.8 Å². The smallest absolute Gasteiger partial charge is 0.242 e. The van der Waals surface area contributed by atoms with Crippen molar-refractivity contribution in [1.29, 1.82) is 0 Å². The number of nitrogens with one attached hydrogen (secondary N) is 1. The average molecular weight is 175 g/mol. The Labute approximate surface area is 66.8 Å². The van der Waals surface area contributed by atoms with Crippen molar-refractivity contribution in [2.45, 2.75) is 18.1 Å². The fraction of sp³-hybridized carbons (Fsp3) is 0.667. The van der Waals surface area contributed by atoms with Gasteiger partial charge in [0.2, 0.25) is 11.8 Å². The van der Waals surface area contributed by atoms with Crippen LogP contribution in [0.5, 0.6) is 0 Å². The summed E-state index contributed by atoms with van der Waals surface area (Å²) < 4.78 is 10.9. The SMILES string of the molecule is CS(=O)C1CCC(=O)NC1=O. The van der Waals surface area contributed by atoms with E-state index in [9.17, 15) is 13.8 Å². The molecule has 2 unspecified atom stereocenters. The van der Waals surface area contributed by atoms with Gasteiger partial charge in [0, 0.05) is 23.5 Å². The summed E-state index contributed by atoms with van der Waals surface area (Å²) >= 11 is 0. The van der Waals surface area contributed by atoms with Gasteiger partial charge in [-0.25, -0.2) is 0 Å². The fourth-order valence-corrected chi connectivity index (χ4v) is 1.80. The van der Waals surface area contributed by atoms with E-state index in [4.69, 9.17) is 0 Å². The summed E-state index contributed by atoms with van der Waals surface area (Å²) in [5.74, 6) is -0.668.